The summed E-state index contributed by atoms with van der Waals surface area (Å²) in [5.41, 5.74) is 1.62. The second-order valence-electron chi connectivity index (χ2n) is 9.35. The summed E-state index contributed by atoms with van der Waals surface area (Å²) in [5.74, 6) is -1.77. The third-order valence-electron chi connectivity index (χ3n) is 6.51. The van der Waals surface area contributed by atoms with Crippen LogP contribution in [0.3, 0.4) is 0 Å². The molecular weight excluding hydrogens is 488 g/mol. The SMILES string of the molecule is CCCc1nn(Cc2ccc(-c3ccc(N4CCN(C)CC4)nc3)cc2)c(=O)c(C(=O)NCC(=O)O)c1O. The van der Waals surface area contributed by atoms with Crippen molar-refractivity contribution >= 4 is 17.7 Å². The molecule has 0 radical (unpaired) electrons. The molecule has 3 heterocycles. The van der Waals surface area contributed by atoms with Gasteiger partial charge >= 0.3 is 5.97 Å². The van der Waals surface area contributed by atoms with Crippen LogP contribution < -0.4 is 15.8 Å². The monoisotopic (exact) mass is 520 g/mol. The molecular formula is C27H32N6O5. The standard InChI is InChI=1S/C27H32N6O5/c1-3-4-21-25(36)24(26(37)29-16-23(34)35)27(38)33(30-21)17-18-5-7-19(8-6-18)20-9-10-22(28-15-20)32-13-11-31(2)12-14-32/h5-10,15,36H,3-4,11-14,16-17H2,1-2H3,(H,29,37)(H,34,35). The fraction of sp³-hybridized carbons (Fsp3) is 0.370. The highest BCUT2D eigenvalue weighted by molar-refractivity contribution is 5.98. The molecule has 3 N–H and O–H groups in total. The number of likely N-dealkylation sites (N-methyl/N-ethyl adjacent to an activating group) is 1. The van der Waals surface area contributed by atoms with Crippen LogP contribution in [0.15, 0.2) is 47.4 Å². The minimum Gasteiger partial charge on any atom is -0.505 e. The van der Waals surface area contributed by atoms with Crippen molar-refractivity contribution in [2.45, 2.75) is 26.3 Å². The lowest BCUT2D eigenvalue weighted by Gasteiger charge is -2.33. The number of anilines is 1. The normalized spacial score (nSPS) is 13.9. The van der Waals surface area contributed by atoms with Gasteiger partial charge in [-0.25, -0.2) is 9.67 Å². The lowest BCUT2D eigenvalue weighted by molar-refractivity contribution is -0.135. The fourth-order valence-electron chi connectivity index (χ4n) is 4.33. The minimum atomic E-state index is -1.26. The van der Waals surface area contributed by atoms with Gasteiger partial charge in [0.05, 0.1) is 6.54 Å². The van der Waals surface area contributed by atoms with E-state index in [0.29, 0.717) is 12.8 Å². The Balaban J connectivity index is 1.53. The largest absolute Gasteiger partial charge is 0.505 e. The number of carboxylic acids is 1. The lowest BCUT2D eigenvalue weighted by Crippen LogP contribution is -2.44. The fourth-order valence-corrected chi connectivity index (χ4v) is 4.33. The Morgan fingerprint density at radius 2 is 1.71 bits per heavy atom. The molecule has 4 rings (SSSR count). The van der Waals surface area contributed by atoms with Gasteiger partial charge in [0, 0.05) is 37.9 Å². The molecule has 200 valence electrons. The molecule has 0 aliphatic carbocycles. The van der Waals surface area contributed by atoms with Crippen molar-refractivity contribution in [3.05, 3.63) is 69.8 Å². The summed E-state index contributed by atoms with van der Waals surface area (Å²) < 4.78 is 1.13. The first-order chi connectivity index (χ1) is 18.3. The van der Waals surface area contributed by atoms with E-state index in [1.165, 1.54) is 0 Å². The Morgan fingerprint density at radius 3 is 2.32 bits per heavy atom. The number of benzene rings is 1. The molecule has 0 spiro atoms. The van der Waals surface area contributed by atoms with Gasteiger partial charge in [0.2, 0.25) is 0 Å². The van der Waals surface area contributed by atoms with Crippen LogP contribution in [0, 0.1) is 0 Å². The number of hydrogen-bond acceptors (Lipinski definition) is 8. The minimum absolute atomic E-state index is 0.0793. The number of aromatic hydroxyl groups is 1. The van der Waals surface area contributed by atoms with E-state index in [1.807, 2.05) is 49.5 Å². The average Bonchev–Trinajstić information content (AvgIpc) is 2.91. The zero-order valence-corrected chi connectivity index (χ0v) is 21.6. The topological polar surface area (TPSA) is 141 Å². The number of aromatic nitrogens is 3. The molecule has 11 heteroatoms. The molecule has 2 aromatic heterocycles. The maximum Gasteiger partial charge on any atom is 0.322 e. The zero-order valence-electron chi connectivity index (χ0n) is 21.6. The molecule has 0 bridgehead atoms. The number of carboxylic acid groups (broad SMARTS) is 1. The highest BCUT2D eigenvalue weighted by atomic mass is 16.4. The number of aliphatic carboxylic acids is 1. The smallest absolute Gasteiger partial charge is 0.322 e. The Morgan fingerprint density at radius 1 is 1.03 bits per heavy atom. The van der Waals surface area contributed by atoms with E-state index in [4.69, 9.17) is 5.11 Å². The molecule has 1 fully saturated rings. The number of amides is 1. The summed E-state index contributed by atoms with van der Waals surface area (Å²) in [5, 5.41) is 25.8. The van der Waals surface area contributed by atoms with Gasteiger partial charge in [-0.3, -0.25) is 14.4 Å². The number of rotatable bonds is 9. The first-order valence-electron chi connectivity index (χ1n) is 12.6. The number of carbonyl (C=O) groups excluding carboxylic acids is 1. The highest BCUT2D eigenvalue weighted by Gasteiger charge is 2.23. The molecule has 38 heavy (non-hydrogen) atoms. The molecule has 1 aliphatic heterocycles. The number of nitrogens with one attached hydrogen (secondary N) is 1. The Labute approximate surface area is 220 Å². The molecule has 1 aliphatic rings. The van der Waals surface area contributed by atoms with Gasteiger partial charge in [-0.05, 0) is 36.7 Å². The quantitative estimate of drug-likeness (QED) is 0.383. The van der Waals surface area contributed by atoms with Crippen LogP contribution in [0.4, 0.5) is 5.82 Å². The first kappa shape index (κ1) is 26.8. The van der Waals surface area contributed by atoms with Crippen LogP contribution in [-0.4, -0.2) is 81.5 Å². The number of aryl methyl sites for hydroxylation is 1. The molecule has 11 nitrogen and oxygen atoms in total. The third-order valence-corrected chi connectivity index (χ3v) is 6.51. The van der Waals surface area contributed by atoms with E-state index in [1.54, 1.807) is 0 Å². The van der Waals surface area contributed by atoms with Gasteiger partial charge in [-0.2, -0.15) is 5.10 Å². The third kappa shape index (κ3) is 6.17. The summed E-state index contributed by atoms with van der Waals surface area (Å²) in [6, 6.07) is 11.7. The molecule has 1 saturated heterocycles. The van der Waals surface area contributed by atoms with Crippen LogP contribution in [-0.2, 0) is 17.8 Å². The highest BCUT2D eigenvalue weighted by Crippen LogP contribution is 2.23. The van der Waals surface area contributed by atoms with Gasteiger partial charge in [0.15, 0.2) is 5.75 Å². The summed E-state index contributed by atoms with van der Waals surface area (Å²) in [7, 11) is 2.12. The number of nitrogens with zero attached hydrogens (tertiary/aromatic N) is 5. The van der Waals surface area contributed by atoms with Crippen molar-refractivity contribution in [2.24, 2.45) is 0 Å². The Hall–Kier alpha value is -4.25. The van der Waals surface area contributed by atoms with E-state index in [-0.39, 0.29) is 12.2 Å². The van der Waals surface area contributed by atoms with E-state index in [0.717, 1.165) is 53.4 Å². The lowest BCUT2D eigenvalue weighted by atomic mass is 10.1. The summed E-state index contributed by atoms with van der Waals surface area (Å²) >= 11 is 0. The van der Waals surface area contributed by atoms with Gasteiger partial charge in [0.25, 0.3) is 11.5 Å². The second-order valence-corrected chi connectivity index (χ2v) is 9.35. The Kier molecular flexibility index (Phi) is 8.37. The zero-order chi connectivity index (χ0) is 27.2. The van der Waals surface area contributed by atoms with Crippen LogP contribution >= 0.6 is 0 Å². The van der Waals surface area contributed by atoms with Crippen molar-refractivity contribution in [1.82, 2.24) is 25.0 Å². The maximum absolute atomic E-state index is 13.0. The van der Waals surface area contributed by atoms with Crippen LogP contribution in [0.5, 0.6) is 5.75 Å². The van der Waals surface area contributed by atoms with Crippen molar-refractivity contribution < 1.29 is 19.8 Å². The predicted molar refractivity (Wildman–Crippen MR) is 143 cm³/mol. The molecule has 3 aromatic rings. The molecule has 1 amide bonds. The molecule has 1 aromatic carbocycles. The number of pyridine rings is 1. The van der Waals surface area contributed by atoms with Gasteiger partial charge < -0.3 is 25.3 Å². The second kappa shape index (κ2) is 11.9. The van der Waals surface area contributed by atoms with E-state index in [2.05, 4.69) is 32.2 Å². The van der Waals surface area contributed by atoms with E-state index >= 15 is 0 Å². The van der Waals surface area contributed by atoms with Crippen LogP contribution in [0.2, 0.25) is 0 Å². The summed E-state index contributed by atoms with van der Waals surface area (Å²) in [4.78, 5) is 45.6. The van der Waals surface area contributed by atoms with Crippen molar-refractivity contribution in [2.75, 3.05) is 44.7 Å². The van der Waals surface area contributed by atoms with Gasteiger partial charge in [-0.15, -0.1) is 0 Å². The van der Waals surface area contributed by atoms with Crippen LogP contribution in [0.25, 0.3) is 11.1 Å². The maximum atomic E-state index is 13.0. The first-order valence-corrected chi connectivity index (χ1v) is 12.6. The van der Waals surface area contributed by atoms with Crippen molar-refractivity contribution in [1.29, 1.82) is 0 Å². The number of hydrogen-bond donors (Lipinski definition) is 3. The number of piperazine rings is 1. The van der Waals surface area contributed by atoms with Crippen molar-refractivity contribution in [3.63, 3.8) is 0 Å². The average molecular weight is 521 g/mol. The molecule has 0 atom stereocenters. The summed E-state index contributed by atoms with van der Waals surface area (Å²) in [6.45, 7) is 5.21. The Bertz CT molecular complexity index is 1350. The van der Waals surface area contributed by atoms with Crippen molar-refractivity contribution in [3.8, 4) is 16.9 Å². The molecule has 0 saturated carbocycles. The van der Waals surface area contributed by atoms with E-state index < -0.39 is 35.3 Å². The predicted octanol–water partition coefficient (Wildman–Crippen LogP) is 1.58. The molecule has 0 unspecified atom stereocenters. The van der Waals surface area contributed by atoms with Gasteiger partial charge in [0.1, 0.15) is 23.6 Å². The number of carbonyl (C=O) groups is 2. The van der Waals surface area contributed by atoms with Crippen LogP contribution in [0.1, 0.15) is 35.0 Å². The summed E-state index contributed by atoms with van der Waals surface area (Å²) in [6.07, 6.45) is 2.83. The van der Waals surface area contributed by atoms with Gasteiger partial charge in [-0.1, -0.05) is 37.6 Å². The van der Waals surface area contributed by atoms with E-state index in [9.17, 15) is 19.5 Å².